The van der Waals surface area contributed by atoms with Crippen molar-refractivity contribution in [1.29, 1.82) is 0 Å². The molecule has 0 atom stereocenters. The molecule has 1 N–H and O–H groups in total. The van der Waals surface area contributed by atoms with Crippen LogP contribution in [0.4, 0.5) is 0 Å². The zero-order valence-electron chi connectivity index (χ0n) is 11.2. The minimum atomic E-state index is -1.86. The first kappa shape index (κ1) is 16.1. The number of methoxy groups -OCH3 is 1. The summed E-state index contributed by atoms with van der Waals surface area (Å²) in [5.74, 6) is 0. The fraction of sp³-hybridized carbons (Fsp3) is 1.00. The molecule has 0 rings (SSSR count). The molecule has 0 saturated heterocycles. The summed E-state index contributed by atoms with van der Waals surface area (Å²) in [6.07, 6.45) is 2.19. The molecule has 0 aromatic carbocycles. The van der Waals surface area contributed by atoms with Gasteiger partial charge in [-0.25, -0.2) is 0 Å². The fourth-order valence-electron chi connectivity index (χ4n) is 1.70. The van der Waals surface area contributed by atoms with Gasteiger partial charge in [0.15, 0.2) is 0 Å². The Balaban J connectivity index is 3.48. The third-order valence-corrected chi connectivity index (χ3v) is 6.58. The molecular weight excluding hydrogens is 222 g/mol. The quantitative estimate of drug-likeness (QED) is 0.447. The van der Waals surface area contributed by atoms with Crippen molar-refractivity contribution in [2.75, 3.05) is 41.0 Å². The van der Waals surface area contributed by atoms with Crippen molar-refractivity contribution in [2.24, 2.45) is 0 Å². The van der Waals surface area contributed by atoms with E-state index in [1.54, 1.807) is 21.3 Å². The van der Waals surface area contributed by atoms with E-state index < -0.39 is 8.56 Å². The molecule has 0 aliphatic rings. The first-order valence-corrected chi connectivity index (χ1v) is 8.27. The third kappa shape index (κ3) is 6.60. The molecule has 0 aromatic rings. The van der Waals surface area contributed by atoms with Crippen molar-refractivity contribution in [3.8, 4) is 0 Å². The van der Waals surface area contributed by atoms with Gasteiger partial charge in [0.2, 0.25) is 0 Å². The van der Waals surface area contributed by atoms with Crippen LogP contribution < -0.4 is 5.32 Å². The van der Waals surface area contributed by atoms with Crippen LogP contribution in [0.1, 0.15) is 19.8 Å². The first-order chi connectivity index (χ1) is 7.74. The zero-order chi connectivity index (χ0) is 12.3. The Kier molecular flexibility index (Phi) is 10.3. The number of rotatable bonds is 11. The Labute approximate surface area is 101 Å². The molecular formula is C11H27NO3Si. The molecule has 0 radical (unpaired) electrons. The monoisotopic (exact) mass is 249 g/mol. The van der Waals surface area contributed by atoms with Crippen LogP contribution in [-0.4, -0.2) is 49.6 Å². The molecule has 5 heteroatoms. The molecule has 0 aliphatic heterocycles. The standard InChI is InChI=1S/C11H27NO3Si/c1-5-16(14-3,15-4)11-7-9-12-8-6-10-13-2/h12H,5-11H2,1-4H3. The summed E-state index contributed by atoms with van der Waals surface area (Å²) < 4.78 is 16.1. The molecule has 0 unspecified atom stereocenters. The molecule has 0 fully saturated rings. The summed E-state index contributed by atoms with van der Waals surface area (Å²) in [5.41, 5.74) is 0. The lowest BCUT2D eigenvalue weighted by Gasteiger charge is -2.25. The maximum atomic E-state index is 5.55. The summed E-state index contributed by atoms with van der Waals surface area (Å²) in [6, 6.07) is 2.08. The number of nitrogens with one attached hydrogen (secondary N) is 1. The zero-order valence-corrected chi connectivity index (χ0v) is 12.2. The maximum absolute atomic E-state index is 5.55. The number of ether oxygens (including phenoxy) is 1. The van der Waals surface area contributed by atoms with Gasteiger partial charge in [-0.15, -0.1) is 0 Å². The lowest BCUT2D eigenvalue weighted by atomic mass is 10.4. The Morgan fingerprint density at radius 1 is 1.00 bits per heavy atom. The fourth-order valence-corrected chi connectivity index (χ4v) is 3.92. The molecule has 0 spiro atoms. The second-order valence-electron chi connectivity index (χ2n) is 3.87. The molecule has 0 bridgehead atoms. The van der Waals surface area contributed by atoms with Crippen LogP contribution in [0, 0.1) is 0 Å². The van der Waals surface area contributed by atoms with E-state index in [2.05, 4.69) is 12.2 Å². The van der Waals surface area contributed by atoms with Gasteiger partial charge < -0.3 is 18.9 Å². The highest BCUT2D eigenvalue weighted by Gasteiger charge is 2.32. The molecule has 0 amide bonds. The normalized spacial score (nSPS) is 12.0. The van der Waals surface area contributed by atoms with Crippen molar-refractivity contribution in [1.82, 2.24) is 5.32 Å². The van der Waals surface area contributed by atoms with Crippen LogP contribution in [0.15, 0.2) is 0 Å². The number of hydrogen-bond donors (Lipinski definition) is 1. The van der Waals surface area contributed by atoms with Gasteiger partial charge in [-0.2, -0.15) is 0 Å². The summed E-state index contributed by atoms with van der Waals surface area (Å²) in [5, 5.41) is 3.40. The van der Waals surface area contributed by atoms with Gasteiger partial charge in [0.25, 0.3) is 0 Å². The topological polar surface area (TPSA) is 39.7 Å². The molecule has 4 nitrogen and oxygen atoms in total. The van der Waals surface area contributed by atoms with E-state index >= 15 is 0 Å². The minimum Gasteiger partial charge on any atom is -0.398 e. The van der Waals surface area contributed by atoms with Crippen LogP contribution in [0.2, 0.25) is 12.1 Å². The predicted octanol–water partition coefficient (Wildman–Crippen LogP) is 1.76. The van der Waals surface area contributed by atoms with E-state index in [4.69, 9.17) is 13.6 Å². The lowest BCUT2D eigenvalue weighted by molar-refractivity contribution is 0.194. The average Bonchev–Trinajstić information content (AvgIpc) is 2.34. The van der Waals surface area contributed by atoms with Gasteiger partial charge in [0.05, 0.1) is 0 Å². The highest BCUT2D eigenvalue weighted by atomic mass is 28.4. The van der Waals surface area contributed by atoms with E-state index in [1.807, 2.05) is 0 Å². The Morgan fingerprint density at radius 2 is 1.62 bits per heavy atom. The van der Waals surface area contributed by atoms with E-state index in [0.29, 0.717) is 0 Å². The van der Waals surface area contributed by atoms with Gasteiger partial charge >= 0.3 is 8.56 Å². The molecule has 0 heterocycles. The summed E-state index contributed by atoms with van der Waals surface area (Å²) in [6.45, 7) is 5.03. The van der Waals surface area contributed by atoms with Crippen molar-refractivity contribution in [3.05, 3.63) is 0 Å². The smallest absolute Gasteiger partial charge is 0.337 e. The van der Waals surface area contributed by atoms with E-state index in [0.717, 1.165) is 44.6 Å². The third-order valence-electron chi connectivity index (χ3n) is 2.90. The second-order valence-corrected chi connectivity index (χ2v) is 7.72. The number of hydrogen-bond acceptors (Lipinski definition) is 4. The van der Waals surface area contributed by atoms with Crippen LogP contribution in [0.25, 0.3) is 0 Å². The first-order valence-electron chi connectivity index (χ1n) is 6.04. The molecule has 16 heavy (non-hydrogen) atoms. The van der Waals surface area contributed by atoms with Gasteiger partial charge in [-0.05, 0) is 38.0 Å². The van der Waals surface area contributed by atoms with E-state index in [-0.39, 0.29) is 0 Å². The van der Waals surface area contributed by atoms with Gasteiger partial charge in [-0.3, -0.25) is 0 Å². The lowest BCUT2D eigenvalue weighted by Crippen LogP contribution is -2.39. The molecule has 98 valence electrons. The second kappa shape index (κ2) is 10.2. The SMILES string of the molecule is CC[Si](CCCNCCCOC)(OC)OC. The van der Waals surface area contributed by atoms with Crippen molar-refractivity contribution < 1.29 is 13.6 Å². The van der Waals surface area contributed by atoms with Crippen LogP contribution >= 0.6 is 0 Å². The largest absolute Gasteiger partial charge is 0.398 e. The Hall–Kier alpha value is 0.0569. The highest BCUT2D eigenvalue weighted by Crippen LogP contribution is 2.18. The van der Waals surface area contributed by atoms with Crippen molar-refractivity contribution >= 4 is 8.56 Å². The van der Waals surface area contributed by atoms with Gasteiger partial charge in [0, 0.05) is 27.9 Å². The van der Waals surface area contributed by atoms with E-state index in [1.165, 1.54) is 0 Å². The van der Waals surface area contributed by atoms with E-state index in [9.17, 15) is 0 Å². The highest BCUT2D eigenvalue weighted by molar-refractivity contribution is 6.67. The summed E-state index contributed by atoms with van der Waals surface area (Å²) in [4.78, 5) is 0. The minimum absolute atomic E-state index is 0.830. The summed E-state index contributed by atoms with van der Waals surface area (Å²) in [7, 11) is 3.42. The molecule has 0 saturated carbocycles. The predicted molar refractivity (Wildman–Crippen MR) is 69.0 cm³/mol. The van der Waals surface area contributed by atoms with Crippen molar-refractivity contribution in [3.63, 3.8) is 0 Å². The average molecular weight is 249 g/mol. The van der Waals surface area contributed by atoms with Crippen LogP contribution in [0.3, 0.4) is 0 Å². The molecule has 0 aliphatic carbocycles. The Bertz CT molecular complexity index is 146. The maximum Gasteiger partial charge on any atom is 0.337 e. The Morgan fingerprint density at radius 3 is 2.12 bits per heavy atom. The van der Waals surface area contributed by atoms with Gasteiger partial charge in [-0.1, -0.05) is 6.92 Å². The van der Waals surface area contributed by atoms with Crippen molar-refractivity contribution in [2.45, 2.75) is 31.9 Å². The van der Waals surface area contributed by atoms with Crippen LogP contribution in [-0.2, 0) is 13.6 Å². The van der Waals surface area contributed by atoms with Crippen LogP contribution in [0.5, 0.6) is 0 Å². The summed E-state index contributed by atoms with van der Waals surface area (Å²) >= 11 is 0. The van der Waals surface area contributed by atoms with Gasteiger partial charge in [0.1, 0.15) is 0 Å². The molecule has 0 aromatic heterocycles.